The molecule has 0 saturated carbocycles. The molecule has 1 atom stereocenters. The topological polar surface area (TPSA) is 109 Å². The number of benzene rings is 1. The van der Waals surface area contributed by atoms with Crippen molar-refractivity contribution in [1.82, 2.24) is 20.4 Å². The summed E-state index contributed by atoms with van der Waals surface area (Å²) in [5.41, 5.74) is 6.61. The summed E-state index contributed by atoms with van der Waals surface area (Å²) in [6.45, 7) is 6.85. The maximum Gasteiger partial charge on any atom is 0.255 e. The zero-order valence-electron chi connectivity index (χ0n) is 21.0. The molecule has 9 nitrogen and oxygen atoms in total. The minimum absolute atomic E-state index is 0.0146. The molecule has 4 rings (SSSR count). The van der Waals surface area contributed by atoms with Gasteiger partial charge in [-0.1, -0.05) is 11.6 Å². The van der Waals surface area contributed by atoms with Crippen molar-refractivity contribution in [2.45, 2.75) is 37.8 Å². The van der Waals surface area contributed by atoms with Gasteiger partial charge in [0.1, 0.15) is 5.75 Å². The second-order valence-electron chi connectivity index (χ2n) is 9.86. The van der Waals surface area contributed by atoms with Crippen LogP contribution in [0.25, 0.3) is 0 Å². The van der Waals surface area contributed by atoms with E-state index in [9.17, 15) is 9.59 Å². The molecule has 0 bridgehead atoms. The van der Waals surface area contributed by atoms with Gasteiger partial charge in [-0.15, -0.1) is 0 Å². The van der Waals surface area contributed by atoms with Gasteiger partial charge in [0, 0.05) is 64.0 Å². The monoisotopic (exact) mass is 519 g/mol. The Morgan fingerprint density at radius 2 is 1.97 bits per heavy atom. The van der Waals surface area contributed by atoms with Crippen LogP contribution in [0.3, 0.4) is 0 Å². The first-order chi connectivity index (χ1) is 17.4. The average Bonchev–Trinajstić information content (AvgIpc) is 2.90. The van der Waals surface area contributed by atoms with E-state index in [1.165, 1.54) is 7.11 Å². The number of halogens is 1. The third-order valence-corrected chi connectivity index (χ3v) is 7.67. The van der Waals surface area contributed by atoms with Crippen LogP contribution in [0.2, 0.25) is 5.02 Å². The zero-order valence-corrected chi connectivity index (χ0v) is 21.8. The molecule has 3 fully saturated rings. The largest absolute Gasteiger partial charge is 0.496 e. The van der Waals surface area contributed by atoms with Crippen LogP contribution in [0.1, 0.15) is 36.0 Å². The van der Waals surface area contributed by atoms with Crippen LogP contribution in [0, 0.1) is 5.92 Å². The van der Waals surface area contributed by atoms with E-state index >= 15 is 0 Å². The molecule has 0 spiro atoms. The maximum atomic E-state index is 12.8. The average molecular weight is 520 g/mol. The van der Waals surface area contributed by atoms with Crippen molar-refractivity contribution >= 4 is 29.1 Å². The van der Waals surface area contributed by atoms with E-state index in [-0.39, 0.29) is 24.0 Å². The number of nitrogens with zero attached hydrogens (tertiary/aromatic N) is 2. The third-order valence-electron chi connectivity index (χ3n) is 7.34. The molecule has 0 aliphatic carbocycles. The lowest BCUT2D eigenvalue weighted by Crippen LogP contribution is -2.47. The first-order valence-corrected chi connectivity index (χ1v) is 13.3. The molecule has 2 amide bonds. The number of nitrogens with one attached hydrogen (secondary N) is 2. The Hall–Kier alpha value is -2.33. The van der Waals surface area contributed by atoms with Crippen molar-refractivity contribution in [1.29, 1.82) is 0 Å². The molecule has 3 heterocycles. The summed E-state index contributed by atoms with van der Waals surface area (Å²) in [6.07, 6.45) is 7.38. The Morgan fingerprint density at radius 3 is 2.64 bits per heavy atom. The van der Waals surface area contributed by atoms with Crippen molar-refractivity contribution in [2.24, 2.45) is 5.92 Å². The molecule has 1 unspecified atom stereocenters. The Balaban J connectivity index is 1.17. The predicted octanol–water partition coefficient (Wildman–Crippen LogP) is 1.91. The molecule has 3 saturated heterocycles. The molecule has 198 valence electrons. The molecule has 0 aromatic heterocycles. The number of nitrogens with two attached hydrogens (primary N) is 1. The number of carbonyl (C=O) groups is 2. The number of ether oxygens (including phenoxy) is 2. The summed E-state index contributed by atoms with van der Waals surface area (Å²) in [5.74, 6) is 0.908. The number of nitrogen functional groups attached to an aromatic ring is 1. The van der Waals surface area contributed by atoms with E-state index < -0.39 is 0 Å². The summed E-state index contributed by atoms with van der Waals surface area (Å²) >= 11 is 6.12. The van der Waals surface area contributed by atoms with Gasteiger partial charge in [-0.3, -0.25) is 9.59 Å². The van der Waals surface area contributed by atoms with Crippen molar-refractivity contribution in [3.05, 3.63) is 34.9 Å². The fourth-order valence-corrected chi connectivity index (χ4v) is 5.31. The number of anilines is 1. The summed E-state index contributed by atoms with van der Waals surface area (Å²) in [7, 11) is 1.51. The standard InChI is InChI=1S/C26H38ClN5O4/c1-35-24-15-23(28)22(27)14-21(24)26(34)30-19-6-9-31(10-7-19)17-18-4-11-32(12-5-18)25(33)3-2-20-16-29-8-13-36-20/h2-3,14-15,18-20,29H,4-13,16-17,28H2,1H3,(H,30,34)/b3-2+. The quantitative estimate of drug-likeness (QED) is 0.373. The summed E-state index contributed by atoms with van der Waals surface area (Å²) in [5, 5.41) is 6.74. The highest BCUT2D eigenvalue weighted by Crippen LogP contribution is 2.29. The molecule has 0 radical (unpaired) electrons. The highest BCUT2D eigenvalue weighted by molar-refractivity contribution is 6.33. The van der Waals surface area contributed by atoms with Gasteiger partial charge in [0.15, 0.2) is 0 Å². The van der Waals surface area contributed by atoms with Crippen molar-refractivity contribution in [3.63, 3.8) is 0 Å². The van der Waals surface area contributed by atoms with Crippen LogP contribution in [0.4, 0.5) is 5.69 Å². The molecule has 36 heavy (non-hydrogen) atoms. The molecule has 3 aliphatic heterocycles. The number of piperidine rings is 2. The van der Waals surface area contributed by atoms with Crippen LogP contribution in [0.5, 0.6) is 5.75 Å². The number of amides is 2. The SMILES string of the molecule is COc1cc(N)c(Cl)cc1C(=O)NC1CCN(CC2CCN(C(=O)/C=C/C3CNCCO3)CC2)CC1. The summed E-state index contributed by atoms with van der Waals surface area (Å²) in [4.78, 5) is 29.8. The first-order valence-electron chi connectivity index (χ1n) is 12.9. The number of hydrogen-bond donors (Lipinski definition) is 3. The van der Waals surface area contributed by atoms with Crippen LogP contribution >= 0.6 is 11.6 Å². The smallest absolute Gasteiger partial charge is 0.255 e. The summed E-state index contributed by atoms with van der Waals surface area (Å²) < 4.78 is 10.9. The lowest BCUT2D eigenvalue weighted by atomic mass is 9.94. The van der Waals surface area contributed by atoms with Gasteiger partial charge in [-0.25, -0.2) is 0 Å². The molecule has 4 N–H and O–H groups in total. The molecule has 1 aromatic carbocycles. The van der Waals surface area contributed by atoms with Crippen LogP contribution in [-0.2, 0) is 9.53 Å². The number of rotatable bonds is 7. The van der Waals surface area contributed by atoms with Crippen LogP contribution in [-0.4, -0.2) is 93.3 Å². The van der Waals surface area contributed by atoms with E-state index in [2.05, 4.69) is 15.5 Å². The normalized spacial score (nSPS) is 22.6. The van der Waals surface area contributed by atoms with Crippen molar-refractivity contribution in [3.8, 4) is 5.75 Å². The number of methoxy groups -OCH3 is 1. The van der Waals surface area contributed by atoms with Gasteiger partial charge in [0.2, 0.25) is 5.91 Å². The van der Waals surface area contributed by atoms with Gasteiger partial charge < -0.3 is 35.6 Å². The van der Waals surface area contributed by atoms with Crippen molar-refractivity contribution < 1.29 is 19.1 Å². The van der Waals surface area contributed by atoms with E-state index in [0.29, 0.717) is 34.5 Å². The second kappa shape index (κ2) is 12.8. The molecule has 3 aliphatic rings. The molecule has 10 heteroatoms. The number of likely N-dealkylation sites (tertiary alicyclic amines) is 2. The highest BCUT2D eigenvalue weighted by atomic mass is 35.5. The fraction of sp³-hybridized carbons (Fsp3) is 0.615. The maximum absolute atomic E-state index is 12.8. The van der Waals surface area contributed by atoms with E-state index in [1.807, 2.05) is 11.0 Å². The lowest BCUT2D eigenvalue weighted by Gasteiger charge is -2.37. The minimum atomic E-state index is -0.190. The van der Waals surface area contributed by atoms with Gasteiger partial charge >= 0.3 is 0 Å². The van der Waals surface area contributed by atoms with Gasteiger partial charge in [0.05, 0.1) is 36.1 Å². The van der Waals surface area contributed by atoms with Crippen LogP contribution in [0.15, 0.2) is 24.3 Å². The minimum Gasteiger partial charge on any atom is -0.496 e. The second-order valence-corrected chi connectivity index (χ2v) is 10.3. The highest BCUT2D eigenvalue weighted by Gasteiger charge is 2.27. The Bertz CT molecular complexity index is 937. The molecular formula is C26H38ClN5O4. The number of carbonyl (C=O) groups excluding carboxylic acids is 2. The number of morpholine rings is 1. The Kier molecular flexibility index (Phi) is 9.47. The Morgan fingerprint density at radius 1 is 1.22 bits per heavy atom. The third kappa shape index (κ3) is 7.12. The zero-order chi connectivity index (χ0) is 25.5. The van der Waals surface area contributed by atoms with Crippen molar-refractivity contribution in [2.75, 3.05) is 65.3 Å². The molecule has 1 aromatic rings. The van der Waals surface area contributed by atoms with E-state index in [4.69, 9.17) is 26.8 Å². The van der Waals surface area contributed by atoms with Gasteiger partial charge in [-0.05, 0) is 43.7 Å². The van der Waals surface area contributed by atoms with Gasteiger partial charge in [-0.2, -0.15) is 0 Å². The predicted molar refractivity (Wildman–Crippen MR) is 140 cm³/mol. The fourth-order valence-electron chi connectivity index (χ4n) is 5.14. The first kappa shape index (κ1) is 26.7. The van der Waals surface area contributed by atoms with Gasteiger partial charge in [0.25, 0.3) is 5.91 Å². The number of hydrogen-bond acceptors (Lipinski definition) is 7. The lowest BCUT2D eigenvalue weighted by molar-refractivity contribution is -0.127. The van der Waals surface area contributed by atoms with Crippen LogP contribution < -0.4 is 21.1 Å². The Labute approximate surface area is 218 Å². The molecular weight excluding hydrogens is 482 g/mol. The van der Waals surface area contributed by atoms with E-state index in [0.717, 1.165) is 71.5 Å². The van der Waals surface area contributed by atoms with E-state index in [1.54, 1.807) is 18.2 Å². The summed E-state index contributed by atoms with van der Waals surface area (Å²) in [6, 6.07) is 3.26.